The molecular formula is C12H17N3OS2. The second kappa shape index (κ2) is 6.89. The minimum absolute atomic E-state index is 0.0522. The van der Waals surface area contributed by atoms with E-state index in [1.54, 1.807) is 25.4 Å². The van der Waals surface area contributed by atoms with Crippen LogP contribution in [-0.2, 0) is 0 Å². The summed E-state index contributed by atoms with van der Waals surface area (Å²) >= 11 is 3.90. The molecule has 4 nitrogen and oxygen atoms in total. The Morgan fingerprint density at radius 3 is 3.17 bits per heavy atom. The number of amides is 1. The van der Waals surface area contributed by atoms with Crippen LogP contribution in [0, 0.1) is 0 Å². The number of hydrogen-bond acceptors (Lipinski definition) is 5. The Balaban J connectivity index is 1.90. The molecule has 1 saturated heterocycles. The van der Waals surface area contributed by atoms with Crippen LogP contribution in [0.4, 0.5) is 5.82 Å². The van der Waals surface area contributed by atoms with E-state index in [-0.39, 0.29) is 5.91 Å². The topological polar surface area (TPSA) is 54.0 Å². The fourth-order valence-corrected chi connectivity index (χ4v) is 4.36. The Kier molecular flexibility index (Phi) is 5.19. The van der Waals surface area contributed by atoms with E-state index in [2.05, 4.69) is 15.6 Å². The normalized spacial score (nSPS) is 19.3. The number of thioether (sulfide) groups is 2. The molecule has 98 valence electrons. The maximum absolute atomic E-state index is 12.1. The van der Waals surface area contributed by atoms with Gasteiger partial charge in [0, 0.05) is 42.3 Å². The van der Waals surface area contributed by atoms with Gasteiger partial charge in [-0.3, -0.25) is 4.79 Å². The van der Waals surface area contributed by atoms with Crippen LogP contribution in [0.2, 0.25) is 0 Å². The molecule has 0 spiro atoms. The first-order valence-corrected chi connectivity index (χ1v) is 8.12. The molecule has 1 unspecified atom stereocenters. The lowest BCUT2D eigenvalue weighted by atomic mass is 10.2. The van der Waals surface area contributed by atoms with Gasteiger partial charge < -0.3 is 10.6 Å². The summed E-state index contributed by atoms with van der Waals surface area (Å²) in [5.74, 6) is 4.10. The van der Waals surface area contributed by atoms with E-state index >= 15 is 0 Å². The summed E-state index contributed by atoms with van der Waals surface area (Å²) in [5.41, 5.74) is 0.605. The van der Waals surface area contributed by atoms with Crippen molar-refractivity contribution in [2.75, 3.05) is 36.2 Å². The maximum Gasteiger partial charge on any atom is 0.255 e. The molecule has 0 aliphatic carbocycles. The van der Waals surface area contributed by atoms with Crippen molar-refractivity contribution in [3.05, 3.63) is 23.9 Å². The predicted molar refractivity (Wildman–Crippen MR) is 79.7 cm³/mol. The molecule has 2 N–H and O–H groups in total. The van der Waals surface area contributed by atoms with Crippen LogP contribution >= 0.6 is 23.5 Å². The van der Waals surface area contributed by atoms with Crippen LogP contribution < -0.4 is 10.6 Å². The van der Waals surface area contributed by atoms with Crippen molar-refractivity contribution < 1.29 is 4.79 Å². The van der Waals surface area contributed by atoms with E-state index in [1.807, 2.05) is 23.5 Å². The van der Waals surface area contributed by atoms with Crippen molar-refractivity contribution in [1.29, 1.82) is 0 Å². The first-order chi connectivity index (χ1) is 8.81. The number of anilines is 1. The monoisotopic (exact) mass is 283 g/mol. The Morgan fingerprint density at radius 1 is 1.56 bits per heavy atom. The third-order valence-corrected chi connectivity index (χ3v) is 5.51. The Bertz CT molecular complexity index is 408. The highest BCUT2D eigenvalue weighted by Gasteiger charge is 2.17. The largest absolute Gasteiger partial charge is 0.372 e. The molecule has 0 radical (unpaired) electrons. The van der Waals surface area contributed by atoms with Gasteiger partial charge in [0.15, 0.2) is 0 Å². The number of hydrogen-bond donors (Lipinski definition) is 2. The van der Waals surface area contributed by atoms with Crippen LogP contribution in [0.25, 0.3) is 0 Å². The van der Waals surface area contributed by atoms with Gasteiger partial charge in [-0.1, -0.05) is 0 Å². The van der Waals surface area contributed by atoms with Crippen molar-refractivity contribution in [1.82, 2.24) is 10.3 Å². The average Bonchev–Trinajstić information content (AvgIpc) is 2.45. The lowest BCUT2D eigenvalue weighted by molar-refractivity contribution is 0.0955. The van der Waals surface area contributed by atoms with E-state index in [0.717, 1.165) is 12.3 Å². The zero-order chi connectivity index (χ0) is 12.8. The van der Waals surface area contributed by atoms with E-state index in [0.29, 0.717) is 16.6 Å². The molecule has 6 heteroatoms. The number of carbonyl (C=O) groups excluding carboxylic acids is 1. The van der Waals surface area contributed by atoms with Gasteiger partial charge in [-0.05, 0) is 12.1 Å². The number of nitrogens with zero attached hydrogens (tertiary/aromatic N) is 1. The van der Waals surface area contributed by atoms with Gasteiger partial charge in [-0.2, -0.15) is 23.5 Å². The average molecular weight is 283 g/mol. The molecule has 1 aromatic heterocycles. The smallest absolute Gasteiger partial charge is 0.255 e. The second-order valence-corrected chi connectivity index (χ2v) is 6.49. The zero-order valence-electron chi connectivity index (χ0n) is 10.3. The highest BCUT2D eigenvalue weighted by Crippen LogP contribution is 2.23. The van der Waals surface area contributed by atoms with Gasteiger partial charge in [0.1, 0.15) is 5.82 Å². The zero-order valence-corrected chi connectivity index (χ0v) is 11.9. The van der Waals surface area contributed by atoms with Crippen LogP contribution in [0.5, 0.6) is 0 Å². The maximum atomic E-state index is 12.1. The highest BCUT2D eigenvalue weighted by atomic mass is 32.2. The van der Waals surface area contributed by atoms with E-state index in [1.165, 1.54) is 11.5 Å². The third-order valence-electron chi connectivity index (χ3n) is 2.66. The molecule has 18 heavy (non-hydrogen) atoms. The predicted octanol–water partition coefficient (Wildman–Crippen LogP) is 1.70. The molecule has 0 aromatic carbocycles. The summed E-state index contributed by atoms with van der Waals surface area (Å²) in [5, 5.41) is 6.45. The molecule has 2 rings (SSSR count). The fraction of sp³-hybridized carbons (Fsp3) is 0.500. The standard InChI is InChI=1S/C12H17N3OS2/c1-13-11-10(3-2-4-14-11)12(16)15-7-9-8-17-5-6-18-9/h2-4,9H,5-8H2,1H3,(H,13,14)(H,15,16). The second-order valence-electron chi connectivity index (χ2n) is 3.93. The SMILES string of the molecule is CNc1ncccc1C(=O)NCC1CSCCS1. The first-order valence-electron chi connectivity index (χ1n) is 5.91. The first kappa shape index (κ1) is 13.5. The summed E-state index contributed by atoms with van der Waals surface area (Å²) < 4.78 is 0. The van der Waals surface area contributed by atoms with E-state index in [9.17, 15) is 4.79 Å². The number of pyridine rings is 1. The third kappa shape index (κ3) is 3.55. The van der Waals surface area contributed by atoms with Gasteiger partial charge in [0.25, 0.3) is 5.91 Å². The summed E-state index contributed by atoms with van der Waals surface area (Å²) in [6, 6.07) is 3.57. The van der Waals surface area contributed by atoms with E-state index < -0.39 is 0 Å². The van der Waals surface area contributed by atoms with Crippen LogP contribution in [0.1, 0.15) is 10.4 Å². The van der Waals surface area contributed by atoms with Crippen molar-refractivity contribution >= 4 is 35.2 Å². The lowest BCUT2D eigenvalue weighted by Crippen LogP contribution is -2.33. The molecule has 1 aliphatic heterocycles. The van der Waals surface area contributed by atoms with E-state index in [4.69, 9.17) is 0 Å². The molecule has 1 aromatic rings. The van der Waals surface area contributed by atoms with Crippen molar-refractivity contribution in [2.45, 2.75) is 5.25 Å². The van der Waals surface area contributed by atoms with Gasteiger partial charge in [0.05, 0.1) is 5.56 Å². The quantitative estimate of drug-likeness (QED) is 0.881. The lowest BCUT2D eigenvalue weighted by Gasteiger charge is -2.21. The minimum Gasteiger partial charge on any atom is -0.372 e. The Morgan fingerprint density at radius 2 is 2.44 bits per heavy atom. The van der Waals surface area contributed by atoms with Crippen molar-refractivity contribution in [3.63, 3.8) is 0 Å². The number of nitrogens with one attached hydrogen (secondary N) is 2. The molecule has 0 bridgehead atoms. The molecule has 0 saturated carbocycles. The van der Waals surface area contributed by atoms with Crippen molar-refractivity contribution in [2.24, 2.45) is 0 Å². The van der Waals surface area contributed by atoms with Gasteiger partial charge >= 0.3 is 0 Å². The van der Waals surface area contributed by atoms with Crippen LogP contribution in [0.3, 0.4) is 0 Å². The molecule has 2 heterocycles. The number of carbonyl (C=O) groups is 1. The van der Waals surface area contributed by atoms with Crippen LogP contribution in [0.15, 0.2) is 18.3 Å². The van der Waals surface area contributed by atoms with Crippen LogP contribution in [-0.4, -0.2) is 47.0 Å². The number of aromatic nitrogens is 1. The van der Waals surface area contributed by atoms with Gasteiger partial charge in [-0.15, -0.1) is 0 Å². The summed E-state index contributed by atoms with van der Waals surface area (Å²) in [7, 11) is 1.77. The van der Waals surface area contributed by atoms with Gasteiger partial charge in [-0.25, -0.2) is 4.98 Å². The minimum atomic E-state index is -0.0522. The molecule has 1 atom stereocenters. The number of rotatable bonds is 4. The summed E-state index contributed by atoms with van der Waals surface area (Å²) in [6.45, 7) is 0.731. The highest BCUT2D eigenvalue weighted by molar-refractivity contribution is 8.06. The molecule has 1 aliphatic rings. The molecule has 1 amide bonds. The van der Waals surface area contributed by atoms with Crippen molar-refractivity contribution in [3.8, 4) is 0 Å². The fourth-order valence-electron chi connectivity index (χ4n) is 1.74. The Hall–Kier alpha value is -0.880. The molecular weight excluding hydrogens is 266 g/mol. The summed E-state index contributed by atoms with van der Waals surface area (Å²) in [4.78, 5) is 16.2. The Labute approximate surface area is 116 Å². The van der Waals surface area contributed by atoms with Gasteiger partial charge in [0.2, 0.25) is 0 Å². The molecule has 1 fully saturated rings. The summed E-state index contributed by atoms with van der Waals surface area (Å²) in [6.07, 6.45) is 1.68.